The highest BCUT2D eigenvalue weighted by Gasteiger charge is 2.36. The third-order valence-electron chi connectivity index (χ3n) is 6.55. The fourth-order valence-corrected chi connectivity index (χ4v) is 5.01. The molecule has 9 heteroatoms. The van der Waals surface area contributed by atoms with E-state index in [4.69, 9.17) is 5.10 Å². The van der Waals surface area contributed by atoms with Crippen molar-refractivity contribution < 1.29 is 18.0 Å². The third kappa shape index (κ3) is 4.65. The average molecular weight is 470 g/mol. The fourth-order valence-electron chi connectivity index (χ4n) is 5.01. The second-order valence-electron chi connectivity index (χ2n) is 8.85. The van der Waals surface area contributed by atoms with Crippen LogP contribution in [0.15, 0.2) is 54.6 Å². The number of fused-ring (bicyclic) bond motifs is 1. The molecule has 178 valence electrons. The number of likely N-dealkylation sites (tertiary alicyclic amines) is 1. The lowest BCUT2D eigenvalue weighted by molar-refractivity contribution is 0.0983. The molecule has 2 N–H and O–H groups in total. The van der Waals surface area contributed by atoms with E-state index in [2.05, 4.69) is 10.6 Å². The summed E-state index contributed by atoms with van der Waals surface area (Å²) in [5, 5.41) is 10.7. The van der Waals surface area contributed by atoms with Gasteiger partial charge in [-0.3, -0.25) is 10.2 Å². The minimum absolute atomic E-state index is 0.227. The Hall–Kier alpha value is -3.33. The van der Waals surface area contributed by atoms with Gasteiger partial charge < -0.3 is 5.32 Å². The van der Waals surface area contributed by atoms with Gasteiger partial charge in [0.15, 0.2) is 0 Å². The summed E-state index contributed by atoms with van der Waals surface area (Å²) in [5.41, 5.74) is 3.66. The first-order valence-electron chi connectivity index (χ1n) is 11.5. The van der Waals surface area contributed by atoms with Gasteiger partial charge in [0.25, 0.3) is 6.43 Å². The SMILES string of the molecule is O=C(Nc1c2c(nn1-c1ccccc1)CCC2)NC1CN(CC(F)F)C[C@H]1c1ccc(F)cc1. The first-order valence-corrected chi connectivity index (χ1v) is 11.5. The van der Waals surface area contributed by atoms with Crippen LogP contribution in [0.25, 0.3) is 5.69 Å². The monoisotopic (exact) mass is 469 g/mol. The van der Waals surface area contributed by atoms with Crippen LogP contribution in [-0.4, -0.2) is 52.8 Å². The number of urea groups is 1. The average Bonchev–Trinajstić information content (AvgIpc) is 3.51. The van der Waals surface area contributed by atoms with E-state index in [1.807, 2.05) is 30.3 Å². The molecule has 2 amide bonds. The van der Waals surface area contributed by atoms with Crippen molar-refractivity contribution in [3.8, 4) is 5.69 Å². The molecule has 1 aliphatic carbocycles. The fraction of sp³-hybridized carbons (Fsp3) is 0.360. The smallest absolute Gasteiger partial charge is 0.320 e. The standard InChI is InChI=1S/C25H26F3N5O/c26-17-11-9-16(10-12-17)20-13-32(15-23(27)28)14-22(20)29-25(34)30-24-19-7-4-8-21(19)31-33(24)18-5-2-1-3-6-18/h1-3,5-6,9-12,20,22-23H,4,7-8,13-15H2,(H2,29,30,34)/t20-,22?/m0/s1. The molecule has 2 aromatic carbocycles. The minimum atomic E-state index is -2.47. The predicted molar refractivity (Wildman–Crippen MR) is 123 cm³/mol. The number of anilines is 1. The number of alkyl halides is 2. The molecule has 2 aliphatic rings. The predicted octanol–water partition coefficient (Wildman–Crippen LogP) is 4.35. The number of nitrogens with zero attached hydrogens (tertiary/aromatic N) is 3. The molecule has 1 fully saturated rings. The van der Waals surface area contributed by atoms with Crippen LogP contribution in [0, 0.1) is 5.82 Å². The highest BCUT2D eigenvalue weighted by Crippen LogP contribution is 2.32. The topological polar surface area (TPSA) is 62.2 Å². The van der Waals surface area contributed by atoms with Crippen molar-refractivity contribution >= 4 is 11.8 Å². The number of rotatable bonds is 6. The van der Waals surface area contributed by atoms with Gasteiger partial charge in [0, 0.05) is 24.6 Å². The summed E-state index contributed by atoms with van der Waals surface area (Å²) in [4.78, 5) is 14.8. The number of halogens is 3. The molecule has 0 radical (unpaired) electrons. The molecule has 1 aliphatic heterocycles. The minimum Gasteiger partial charge on any atom is -0.333 e. The Bertz CT molecular complexity index is 1150. The number of amides is 2. The Balaban J connectivity index is 1.36. The lowest BCUT2D eigenvalue weighted by Crippen LogP contribution is -2.42. The molecule has 3 aromatic rings. The van der Waals surface area contributed by atoms with Gasteiger partial charge in [-0.2, -0.15) is 5.10 Å². The molecule has 0 saturated carbocycles. The van der Waals surface area contributed by atoms with Crippen molar-refractivity contribution in [3.63, 3.8) is 0 Å². The molecule has 1 unspecified atom stereocenters. The molecular weight excluding hydrogens is 443 g/mol. The molecule has 0 bridgehead atoms. The Kier molecular flexibility index (Phi) is 6.28. The summed E-state index contributed by atoms with van der Waals surface area (Å²) in [5.74, 6) is 0.0447. The molecule has 2 atom stereocenters. The Morgan fingerprint density at radius 3 is 2.56 bits per heavy atom. The van der Waals surface area contributed by atoms with Crippen molar-refractivity contribution in [2.24, 2.45) is 0 Å². The molecule has 5 rings (SSSR count). The van der Waals surface area contributed by atoms with E-state index in [1.165, 1.54) is 12.1 Å². The van der Waals surface area contributed by atoms with Gasteiger partial charge in [-0.05, 0) is 49.1 Å². The van der Waals surface area contributed by atoms with Gasteiger partial charge in [0.2, 0.25) is 0 Å². The van der Waals surface area contributed by atoms with E-state index in [0.717, 1.165) is 41.8 Å². The van der Waals surface area contributed by atoms with Gasteiger partial charge in [-0.15, -0.1) is 0 Å². The van der Waals surface area contributed by atoms with Crippen LogP contribution in [0.1, 0.15) is 29.2 Å². The van der Waals surface area contributed by atoms with E-state index in [1.54, 1.807) is 21.7 Å². The van der Waals surface area contributed by atoms with Gasteiger partial charge >= 0.3 is 6.03 Å². The number of nitrogens with one attached hydrogen (secondary N) is 2. The number of hydrogen-bond acceptors (Lipinski definition) is 3. The van der Waals surface area contributed by atoms with Crippen molar-refractivity contribution in [2.45, 2.75) is 37.6 Å². The van der Waals surface area contributed by atoms with Crippen LogP contribution in [0.2, 0.25) is 0 Å². The van der Waals surface area contributed by atoms with Crippen LogP contribution in [0.3, 0.4) is 0 Å². The number of para-hydroxylation sites is 1. The number of carbonyl (C=O) groups excluding carboxylic acids is 1. The number of aryl methyl sites for hydroxylation is 1. The second-order valence-corrected chi connectivity index (χ2v) is 8.85. The molecule has 34 heavy (non-hydrogen) atoms. The van der Waals surface area contributed by atoms with Crippen LogP contribution in [0.4, 0.5) is 23.8 Å². The highest BCUT2D eigenvalue weighted by atomic mass is 19.3. The lowest BCUT2D eigenvalue weighted by Gasteiger charge is -2.21. The van der Waals surface area contributed by atoms with E-state index in [0.29, 0.717) is 12.4 Å². The second kappa shape index (κ2) is 9.50. The first-order chi connectivity index (χ1) is 16.5. The quantitative estimate of drug-likeness (QED) is 0.564. The van der Waals surface area contributed by atoms with Gasteiger partial charge in [-0.25, -0.2) is 22.6 Å². The summed E-state index contributed by atoms with van der Waals surface area (Å²) in [6.07, 6.45) is 0.219. The number of aromatic nitrogens is 2. The molecule has 1 aromatic heterocycles. The van der Waals surface area contributed by atoms with Crippen LogP contribution < -0.4 is 10.6 Å². The maximum absolute atomic E-state index is 13.4. The zero-order chi connectivity index (χ0) is 23.7. The van der Waals surface area contributed by atoms with Crippen molar-refractivity contribution in [1.82, 2.24) is 20.0 Å². The van der Waals surface area contributed by atoms with Gasteiger partial charge in [0.05, 0.1) is 24.0 Å². The molecule has 2 heterocycles. The molecule has 1 saturated heterocycles. The van der Waals surface area contributed by atoms with Crippen molar-refractivity contribution in [2.75, 3.05) is 25.0 Å². The summed E-state index contributed by atoms with van der Waals surface area (Å²) in [6.45, 7) is 0.278. The van der Waals surface area contributed by atoms with E-state index < -0.39 is 18.5 Å². The molecule has 0 spiro atoms. The molecule has 6 nitrogen and oxygen atoms in total. The van der Waals surface area contributed by atoms with Crippen LogP contribution in [0.5, 0.6) is 0 Å². The Morgan fingerprint density at radius 2 is 1.82 bits per heavy atom. The van der Waals surface area contributed by atoms with Crippen LogP contribution >= 0.6 is 0 Å². The van der Waals surface area contributed by atoms with Crippen molar-refractivity contribution in [3.05, 3.63) is 77.2 Å². The highest BCUT2D eigenvalue weighted by molar-refractivity contribution is 5.90. The maximum atomic E-state index is 13.4. The maximum Gasteiger partial charge on any atom is 0.320 e. The van der Waals surface area contributed by atoms with E-state index >= 15 is 0 Å². The summed E-state index contributed by atoms with van der Waals surface area (Å²) in [6, 6.07) is 14.8. The lowest BCUT2D eigenvalue weighted by atomic mass is 9.94. The Labute approximate surface area is 195 Å². The zero-order valence-corrected chi connectivity index (χ0v) is 18.6. The third-order valence-corrected chi connectivity index (χ3v) is 6.55. The normalized spacial score (nSPS) is 20.0. The number of hydrogen-bond donors (Lipinski definition) is 2. The summed E-state index contributed by atoms with van der Waals surface area (Å²) >= 11 is 0. The van der Waals surface area contributed by atoms with E-state index in [-0.39, 0.29) is 24.8 Å². The first kappa shape index (κ1) is 22.5. The summed E-state index contributed by atoms with van der Waals surface area (Å²) < 4.78 is 41.3. The molecular formula is C25H26F3N5O. The van der Waals surface area contributed by atoms with Crippen LogP contribution in [-0.2, 0) is 12.8 Å². The number of benzene rings is 2. The Morgan fingerprint density at radius 1 is 1.06 bits per heavy atom. The largest absolute Gasteiger partial charge is 0.333 e. The summed E-state index contributed by atoms with van der Waals surface area (Å²) in [7, 11) is 0. The zero-order valence-electron chi connectivity index (χ0n) is 18.6. The van der Waals surface area contributed by atoms with Gasteiger partial charge in [-0.1, -0.05) is 30.3 Å². The van der Waals surface area contributed by atoms with E-state index in [9.17, 15) is 18.0 Å². The number of carbonyl (C=O) groups is 1. The van der Waals surface area contributed by atoms with Gasteiger partial charge in [0.1, 0.15) is 11.6 Å². The van der Waals surface area contributed by atoms with Crippen molar-refractivity contribution in [1.29, 1.82) is 0 Å².